The minimum atomic E-state index is 0.547. The highest BCUT2D eigenvalue weighted by Crippen LogP contribution is 2.29. The second kappa shape index (κ2) is 6.61. The van der Waals surface area contributed by atoms with Gasteiger partial charge in [0.15, 0.2) is 0 Å². The van der Waals surface area contributed by atoms with E-state index >= 15 is 0 Å². The summed E-state index contributed by atoms with van der Waals surface area (Å²) in [5.41, 5.74) is 10.4. The number of allylic oxidation sites excluding steroid dienone is 1. The Balaban J connectivity index is 1.60. The highest BCUT2D eigenvalue weighted by molar-refractivity contribution is 5.96. The van der Waals surface area contributed by atoms with Crippen LogP contribution in [0, 0.1) is 5.92 Å². The van der Waals surface area contributed by atoms with Gasteiger partial charge in [-0.15, -0.1) is 0 Å². The number of ether oxygens (including phenoxy) is 1. The van der Waals surface area contributed by atoms with Crippen molar-refractivity contribution in [1.29, 1.82) is 0 Å². The third-order valence-corrected chi connectivity index (χ3v) is 4.77. The van der Waals surface area contributed by atoms with Gasteiger partial charge in [0.2, 0.25) is 0 Å². The van der Waals surface area contributed by atoms with Crippen molar-refractivity contribution < 1.29 is 4.74 Å². The number of rotatable bonds is 4. The Morgan fingerprint density at radius 3 is 2.88 bits per heavy atom. The molecular weight excluding hydrogens is 300 g/mol. The summed E-state index contributed by atoms with van der Waals surface area (Å²) in [6.45, 7) is 3.42. The van der Waals surface area contributed by atoms with Gasteiger partial charge in [-0.25, -0.2) is 4.98 Å². The van der Waals surface area contributed by atoms with Gasteiger partial charge in [0.25, 0.3) is 0 Å². The summed E-state index contributed by atoms with van der Waals surface area (Å²) < 4.78 is 5.43. The first-order chi connectivity index (χ1) is 11.8. The number of hydrogen-bond donors (Lipinski definition) is 2. The van der Waals surface area contributed by atoms with Crippen LogP contribution in [0.2, 0.25) is 0 Å². The highest BCUT2D eigenvalue weighted by Gasteiger charge is 2.14. The summed E-state index contributed by atoms with van der Waals surface area (Å²) in [4.78, 5) is 8.77. The van der Waals surface area contributed by atoms with E-state index in [4.69, 9.17) is 10.5 Å². The molecule has 1 aromatic carbocycles. The zero-order chi connectivity index (χ0) is 16.4. The van der Waals surface area contributed by atoms with Crippen LogP contribution in [-0.4, -0.2) is 37.5 Å². The van der Waals surface area contributed by atoms with Crippen LogP contribution >= 0.6 is 0 Å². The third kappa shape index (κ3) is 3.12. The van der Waals surface area contributed by atoms with Crippen molar-refractivity contribution in [3.8, 4) is 0 Å². The lowest BCUT2D eigenvalue weighted by molar-refractivity contribution is 0.0699. The molecule has 4 rings (SSSR count). The summed E-state index contributed by atoms with van der Waals surface area (Å²) in [6.07, 6.45) is 6.14. The number of aliphatic imine (C=N–C) groups is 1. The molecule has 1 saturated heterocycles. The zero-order valence-electron chi connectivity index (χ0n) is 13.7. The van der Waals surface area contributed by atoms with Gasteiger partial charge < -0.3 is 15.8 Å². The number of nitrogens with zero attached hydrogens (tertiary/aromatic N) is 2. The number of hydrogen-bond acceptors (Lipinski definition) is 5. The van der Waals surface area contributed by atoms with Gasteiger partial charge in [-0.05, 0) is 42.0 Å². The van der Waals surface area contributed by atoms with E-state index < -0.39 is 0 Å². The summed E-state index contributed by atoms with van der Waals surface area (Å²) >= 11 is 0. The molecule has 0 amide bonds. The van der Waals surface area contributed by atoms with Gasteiger partial charge >= 0.3 is 0 Å². The first kappa shape index (κ1) is 15.1. The van der Waals surface area contributed by atoms with E-state index in [-0.39, 0.29) is 0 Å². The molecule has 5 heteroatoms. The molecule has 5 nitrogen and oxygen atoms in total. The van der Waals surface area contributed by atoms with E-state index in [1.807, 2.05) is 12.3 Å². The topological polar surface area (TPSA) is 72.5 Å². The van der Waals surface area contributed by atoms with Crippen molar-refractivity contribution in [2.75, 3.05) is 37.4 Å². The van der Waals surface area contributed by atoms with Gasteiger partial charge in [0.1, 0.15) is 5.82 Å². The Hall–Kier alpha value is -2.40. The number of fused-ring (bicyclic) bond motifs is 1. The highest BCUT2D eigenvalue weighted by atomic mass is 16.5. The third-order valence-electron chi connectivity index (χ3n) is 4.77. The molecule has 0 bridgehead atoms. The van der Waals surface area contributed by atoms with Crippen LogP contribution in [0.3, 0.4) is 0 Å². The fourth-order valence-electron chi connectivity index (χ4n) is 3.33. The number of aromatic nitrogens is 1. The number of pyridine rings is 1. The predicted octanol–water partition coefficient (Wildman–Crippen LogP) is 3.12. The number of nitrogen functional groups attached to an aromatic ring is 1. The number of nitrogens with one attached hydrogen (secondary N) is 1. The second-order valence-corrected chi connectivity index (χ2v) is 6.44. The number of anilines is 2. The van der Waals surface area contributed by atoms with Gasteiger partial charge in [-0.1, -0.05) is 12.1 Å². The van der Waals surface area contributed by atoms with Crippen LogP contribution in [0.15, 0.2) is 35.3 Å². The van der Waals surface area contributed by atoms with Gasteiger partial charge in [0, 0.05) is 43.1 Å². The first-order valence-electron chi connectivity index (χ1n) is 8.51. The zero-order valence-corrected chi connectivity index (χ0v) is 13.7. The Bertz CT molecular complexity index is 806. The normalized spacial score (nSPS) is 18.1. The summed E-state index contributed by atoms with van der Waals surface area (Å²) in [7, 11) is 0. The monoisotopic (exact) mass is 322 g/mol. The maximum atomic E-state index is 6.03. The summed E-state index contributed by atoms with van der Waals surface area (Å²) in [5.74, 6) is 1.20. The SMILES string of the molecule is Nc1cc(NCC2CCOCC2)c2ccc(C3=CC=NC3)cc2n1. The molecule has 3 heterocycles. The van der Waals surface area contributed by atoms with Crippen LogP contribution < -0.4 is 11.1 Å². The predicted molar refractivity (Wildman–Crippen MR) is 99.5 cm³/mol. The molecule has 0 aliphatic carbocycles. The summed E-state index contributed by atoms with van der Waals surface area (Å²) in [5, 5.41) is 4.68. The number of benzene rings is 1. The molecule has 2 aliphatic heterocycles. The number of nitrogens with two attached hydrogens (primary N) is 1. The first-order valence-corrected chi connectivity index (χ1v) is 8.51. The Labute approximate surface area is 141 Å². The van der Waals surface area contributed by atoms with E-state index in [9.17, 15) is 0 Å². The Morgan fingerprint density at radius 2 is 2.08 bits per heavy atom. The van der Waals surface area contributed by atoms with Crippen molar-refractivity contribution in [2.24, 2.45) is 10.9 Å². The van der Waals surface area contributed by atoms with Gasteiger partial charge in [0.05, 0.1) is 12.1 Å². The van der Waals surface area contributed by atoms with Crippen molar-refractivity contribution in [1.82, 2.24) is 4.98 Å². The standard InChI is InChI=1S/C19H22N4O/c20-19-10-17(22-11-13-4-7-24-8-5-13)16-2-1-14(9-18(16)23-19)15-3-6-21-12-15/h1-3,6,9-10,13H,4-5,7-8,11-12H2,(H3,20,22,23). The van der Waals surface area contributed by atoms with Crippen molar-refractivity contribution in [3.05, 3.63) is 35.9 Å². The maximum absolute atomic E-state index is 6.03. The van der Waals surface area contributed by atoms with Crippen LogP contribution in [0.4, 0.5) is 11.5 Å². The van der Waals surface area contributed by atoms with Crippen molar-refractivity contribution in [2.45, 2.75) is 12.8 Å². The largest absolute Gasteiger partial charge is 0.384 e. The molecule has 0 atom stereocenters. The quantitative estimate of drug-likeness (QED) is 0.907. The molecule has 0 spiro atoms. The molecule has 2 aliphatic rings. The van der Waals surface area contributed by atoms with Gasteiger partial charge in [-0.3, -0.25) is 4.99 Å². The van der Waals surface area contributed by atoms with Crippen molar-refractivity contribution in [3.63, 3.8) is 0 Å². The van der Waals surface area contributed by atoms with Crippen LogP contribution in [0.1, 0.15) is 18.4 Å². The molecular formula is C19H22N4O. The lowest BCUT2D eigenvalue weighted by Crippen LogP contribution is -2.22. The molecule has 24 heavy (non-hydrogen) atoms. The minimum absolute atomic E-state index is 0.547. The molecule has 3 N–H and O–H groups in total. The van der Waals surface area contributed by atoms with Crippen LogP contribution in [0.5, 0.6) is 0 Å². The van der Waals surface area contributed by atoms with Crippen LogP contribution in [-0.2, 0) is 4.74 Å². The van der Waals surface area contributed by atoms with E-state index in [1.165, 1.54) is 5.57 Å². The van der Waals surface area contributed by atoms with E-state index in [1.54, 1.807) is 0 Å². The fourth-order valence-corrected chi connectivity index (χ4v) is 3.33. The lowest BCUT2D eigenvalue weighted by atomic mass is 10.00. The average molecular weight is 322 g/mol. The second-order valence-electron chi connectivity index (χ2n) is 6.44. The Kier molecular flexibility index (Phi) is 4.17. The van der Waals surface area contributed by atoms with Crippen LogP contribution in [0.25, 0.3) is 16.5 Å². The van der Waals surface area contributed by atoms with E-state index in [2.05, 4.69) is 39.6 Å². The minimum Gasteiger partial charge on any atom is -0.384 e. The summed E-state index contributed by atoms with van der Waals surface area (Å²) in [6, 6.07) is 8.30. The maximum Gasteiger partial charge on any atom is 0.126 e. The molecule has 0 radical (unpaired) electrons. The van der Waals surface area contributed by atoms with E-state index in [0.717, 1.165) is 61.3 Å². The Morgan fingerprint density at radius 1 is 1.21 bits per heavy atom. The van der Waals surface area contributed by atoms with Crippen molar-refractivity contribution >= 4 is 34.2 Å². The molecule has 124 valence electrons. The lowest BCUT2D eigenvalue weighted by Gasteiger charge is -2.23. The average Bonchev–Trinajstić information content (AvgIpc) is 3.14. The van der Waals surface area contributed by atoms with E-state index in [0.29, 0.717) is 11.7 Å². The fraction of sp³-hybridized carbons (Fsp3) is 0.368. The molecule has 0 saturated carbocycles. The molecule has 0 unspecified atom stereocenters. The van der Waals surface area contributed by atoms with Gasteiger partial charge in [-0.2, -0.15) is 0 Å². The molecule has 1 fully saturated rings. The molecule has 2 aromatic rings. The smallest absolute Gasteiger partial charge is 0.126 e. The molecule has 1 aromatic heterocycles.